The van der Waals surface area contributed by atoms with Gasteiger partial charge in [0.2, 0.25) is 0 Å². The zero-order valence-corrected chi connectivity index (χ0v) is 23.3. The Labute approximate surface area is 233 Å². The lowest BCUT2D eigenvalue weighted by molar-refractivity contribution is 0.159. The Bertz CT molecular complexity index is 1430. The van der Waals surface area contributed by atoms with Crippen molar-refractivity contribution in [3.8, 4) is 16.9 Å². The first-order valence-electron chi connectivity index (χ1n) is 13.6. The Morgan fingerprint density at radius 3 is 2.55 bits per heavy atom. The van der Waals surface area contributed by atoms with Crippen molar-refractivity contribution in [1.29, 1.82) is 0 Å². The zero-order chi connectivity index (χ0) is 28.2. The number of para-hydroxylation sites is 1. The number of anilines is 1. The first kappa shape index (κ1) is 27.5. The van der Waals surface area contributed by atoms with E-state index in [-0.39, 0.29) is 29.8 Å². The van der Waals surface area contributed by atoms with Gasteiger partial charge >= 0.3 is 6.03 Å². The van der Waals surface area contributed by atoms with Crippen molar-refractivity contribution in [3.63, 3.8) is 0 Å². The van der Waals surface area contributed by atoms with Crippen molar-refractivity contribution < 1.29 is 13.9 Å². The predicted molar refractivity (Wildman–Crippen MR) is 153 cm³/mol. The van der Waals surface area contributed by atoms with E-state index in [2.05, 4.69) is 34.5 Å². The summed E-state index contributed by atoms with van der Waals surface area (Å²) in [5.41, 5.74) is 4.29. The highest BCUT2D eigenvalue weighted by Crippen LogP contribution is 2.32. The summed E-state index contributed by atoms with van der Waals surface area (Å²) in [6, 6.07) is 16.0. The van der Waals surface area contributed by atoms with E-state index in [1.807, 2.05) is 48.1 Å². The van der Waals surface area contributed by atoms with Crippen molar-refractivity contribution >= 4 is 11.8 Å². The maximum atomic E-state index is 13.6. The van der Waals surface area contributed by atoms with E-state index in [4.69, 9.17) is 9.84 Å². The molecule has 3 heterocycles. The molecule has 1 fully saturated rings. The average Bonchev–Trinajstić information content (AvgIpc) is 3.67. The Balaban J connectivity index is 1.41. The number of urea groups is 1. The number of nitrogens with zero attached hydrogens (tertiary/aromatic N) is 5. The largest absolute Gasteiger partial charge is 0.383 e. The van der Waals surface area contributed by atoms with Gasteiger partial charge in [0.1, 0.15) is 17.3 Å². The topological polar surface area (TPSA) is 89.2 Å². The first-order chi connectivity index (χ1) is 19.3. The average molecular weight is 546 g/mol. The van der Waals surface area contributed by atoms with Gasteiger partial charge in [0, 0.05) is 56.0 Å². The van der Waals surface area contributed by atoms with Gasteiger partial charge in [0.25, 0.3) is 0 Å². The Morgan fingerprint density at radius 1 is 1.12 bits per heavy atom. The van der Waals surface area contributed by atoms with Crippen LogP contribution in [-0.2, 0) is 4.74 Å². The zero-order valence-electron chi connectivity index (χ0n) is 23.3. The highest BCUT2D eigenvalue weighted by atomic mass is 19.1. The van der Waals surface area contributed by atoms with Gasteiger partial charge in [0.15, 0.2) is 0 Å². The van der Waals surface area contributed by atoms with E-state index in [1.165, 1.54) is 12.1 Å². The van der Waals surface area contributed by atoms with Crippen molar-refractivity contribution in [2.75, 3.05) is 38.7 Å². The van der Waals surface area contributed by atoms with Crippen LogP contribution in [0.25, 0.3) is 16.9 Å². The van der Waals surface area contributed by atoms with Crippen LogP contribution >= 0.6 is 0 Å². The Kier molecular flexibility index (Phi) is 8.27. The summed E-state index contributed by atoms with van der Waals surface area (Å²) in [4.78, 5) is 15.8. The summed E-state index contributed by atoms with van der Waals surface area (Å²) in [6.45, 7) is 8.85. The third kappa shape index (κ3) is 5.93. The van der Waals surface area contributed by atoms with E-state index < -0.39 is 0 Å². The van der Waals surface area contributed by atoms with Gasteiger partial charge in [-0.05, 0) is 50.6 Å². The second kappa shape index (κ2) is 12.0. The summed E-state index contributed by atoms with van der Waals surface area (Å²) in [7, 11) is 1.68. The molecule has 2 aromatic heterocycles. The minimum Gasteiger partial charge on any atom is -0.383 e. The number of aromatic nitrogens is 4. The van der Waals surface area contributed by atoms with E-state index in [1.54, 1.807) is 30.1 Å². The number of methoxy groups -OCH3 is 1. The lowest BCUT2D eigenvalue weighted by atomic mass is 9.94. The normalized spacial score (nSPS) is 17.4. The third-order valence-electron chi connectivity index (χ3n) is 7.38. The molecule has 1 aliphatic rings. The van der Waals surface area contributed by atoms with Crippen LogP contribution in [0.4, 0.5) is 15.0 Å². The number of nitrogens with one attached hydrogen (secondary N) is 2. The minimum atomic E-state index is -0.324. The van der Waals surface area contributed by atoms with Crippen LogP contribution in [0.5, 0.6) is 0 Å². The summed E-state index contributed by atoms with van der Waals surface area (Å²) >= 11 is 0. The van der Waals surface area contributed by atoms with E-state index in [0.717, 1.165) is 41.2 Å². The van der Waals surface area contributed by atoms with E-state index >= 15 is 0 Å². The highest BCUT2D eigenvalue weighted by Gasteiger charge is 2.35. The number of hydrogen-bond acceptors (Lipinski definition) is 5. The van der Waals surface area contributed by atoms with Gasteiger partial charge in [-0.1, -0.05) is 30.3 Å². The quantitative estimate of drug-likeness (QED) is 0.309. The minimum absolute atomic E-state index is 0.0146. The van der Waals surface area contributed by atoms with E-state index in [0.29, 0.717) is 19.0 Å². The van der Waals surface area contributed by atoms with Crippen molar-refractivity contribution in [3.05, 3.63) is 83.9 Å². The number of rotatable bonds is 9. The molecule has 0 spiro atoms. The molecule has 0 bridgehead atoms. The van der Waals surface area contributed by atoms with Gasteiger partial charge < -0.3 is 10.1 Å². The fourth-order valence-electron chi connectivity index (χ4n) is 5.21. The SMILES string of the molecule is COCCN1CC(NC(=O)Nc2c(C)c(-c3cnn(C(C)C)c3)nn2-c2ccccc2)C(c2ccc(F)cc2)C1. The standard InChI is InChI=1S/C30H36FN7O2/c1-20(2)37-17-23(16-32-37)28-21(3)29(38(35-28)25-8-6-5-7-9-25)34-30(39)33-27-19-36(14-15-40-4)18-26(27)22-10-12-24(31)13-11-22/h5-13,16-17,20,26-27H,14-15,18-19H2,1-4H3,(H2,33,34,39). The molecular formula is C30H36FN7O2. The number of halogens is 1. The highest BCUT2D eigenvalue weighted by molar-refractivity contribution is 5.91. The number of amides is 2. The van der Waals surface area contributed by atoms with Gasteiger partial charge in [-0.3, -0.25) is 14.9 Å². The maximum absolute atomic E-state index is 13.6. The molecule has 0 radical (unpaired) electrons. The molecule has 0 saturated carbocycles. The van der Waals surface area contributed by atoms with Crippen LogP contribution in [0.2, 0.25) is 0 Å². The van der Waals surface area contributed by atoms with Crippen molar-refractivity contribution in [1.82, 2.24) is 29.8 Å². The van der Waals surface area contributed by atoms with Gasteiger partial charge in [-0.15, -0.1) is 0 Å². The fraction of sp³-hybridized carbons (Fsp3) is 0.367. The summed E-state index contributed by atoms with van der Waals surface area (Å²) < 4.78 is 22.5. The molecule has 2 N–H and O–H groups in total. The van der Waals surface area contributed by atoms with Crippen LogP contribution in [0, 0.1) is 12.7 Å². The molecule has 210 valence electrons. The van der Waals surface area contributed by atoms with Crippen LogP contribution in [0.15, 0.2) is 67.0 Å². The molecule has 2 unspecified atom stereocenters. The molecule has 1 saturated heterocycles. The molecule has 2 atom stereocenters. The molecule has 2 amide bonds. The predicted octanol–water partition coefficient (Wildman–Crippen LogP) is 5.00. The molecule has 0 aliphatic carbocycles. The Morgan fingerprint density at radius 2 is 1.88 bits per heavy atom. The maximum Gasteiger partial charge on any atom is 0.320 e. The number of likely N-dealkylation sites (tertiary alicyclic amines) is 1. The van der Waals surface area contributed by atoms with Crippen LogP contribution in [-0.4, -0.2) is 69.9 Å². The number of carbonyl (C=O) groups is 1. The van der Waals surface area contributed by atoms with Gasteiger partial charge in [0.05, 0.1) is 24.5 Å². The van der Waals surface area contributed by atoms with Crippen LogP contribution < -0.4 is 10.6 Å². The van der Waals surface area contributed by atoms with Crippen LogP contribution in [0.1, 0.15) is 36.9 Å². The molecule has 10 heteroatoms. The van der Waals surface area contributed by atoms with E-state index in [9.17, 15) is 9.18 Å². The monoisotopic (exact) mass is 545 g/mol. The lowest BCUT2D eigenvalue weighted by Gasteiger charge is -2.21. The van der Waals surface area contributed by atoms with Gasteiger partial charge in [-0.2, -0.15) is 10.2 Å². The number of carbonyl (C=O) groups excluding carboxylic acids is 1. The third-order valence-corrected chi connectivity index (χ3v) is 7.38. The molecule has 5 rings (SSSR count). The number of ether oxygens (including phenoxy) is 1. The molecular weight excluding hydrogens is 509 g/mol. The molecule has 2 aromatic carbocycles. The van der Waals surface area contributed by atoms with Crippen molar-refractivity contribution in [2.45, 2.75) is 38.8 Å². The second-order valence-electron chi connectivity index (χ2n) is 10.5. The molecule has 1 aliphatic heterocycles. The number of hydrogen-bond donors (Lipinski definition) is 2. The Hall–Kier alpha value is -4.02. The smallest absolute Gasteiger partial charge is 0.320 e. The van der Waals surface area contributed by atoms with Crippen LogP contribution in [0.3, 0.4) is 0 Å². The van der Waals surface area contributed by atoms with Crippen molar-refractivity contribution in [2.24, 2.45) is 0 Å². The fourth-order valence-corrected chi connectivity index (χ4v) is 5.21. The summed E-state index contributed by atoms with van der Waals surface area (Å²) in [5.74, 6) is 0.323. The van der Waals surface area contributed by atoms with Gasteiger partial charge in [-0.25, -0.2) is 13.9 Å². The second-order valence-corrected chi connectivity index (χ2v) is 10.5. The molecule has 4 aromatic rings. The molecule has 9 nitrogen and oxygen atoms in total. The summed E-state index contributed by atoms with van der Waals surface area (Å²) in [5, 5.41) is 15.6. The lowest BCUT2D eigenvalue weighted by Crippen LogP contribution is -2.42. The molecule has 40 heavy (non-hydrogen) atoms. The number of benzene rings is 2. The first-order valence-corrected chi connectivity index (χ1v) is 13.6. The summed E-state index contributed by atoms with van der Waals surface area (Å²) in [6.07, 6.45) is 3.77.